The highest BCUT2D eigenvalue weighted by Gasteiger charge is 2.06. The van der Waals surface area contributed by atoms with Crippen molar-refractivity contribution in [2.45, 2.75) is 13.3 Å². The van der Waals surface area contributed by atoms with E-state index in [1.807, 2.05) is 0 Å². The SMILES string of the molecule is Cc1cc(F)cc(C(=O)NCCSCCCO)c1. The first-order valence-corrected chi connectivity index (χ1v) is 7.03. The molecule has 0 atom stereocenters. The van der Waals surface area contributed by atoms with Gasteiger partial charge in [-0.2, -0.15) is 11.8 Å². The lowest BCUT2D eigenvalue weighted by molar-refractivity contribution is 0.0955. The molecule has 2 N–H and O–H groups in total. The monoisotopic (exact) mass is 271 g/mol. The van der Waals surface area contributed by atoms with E-state index in [1.54, 1.807) is 24.8 Å². The van der Waals surface area contributed by atoms with Crippen LogP contribution < -0.4 is 5.32 Å². The van der Waals surface area contributed by atoms with Crippen LogP contribution in [0.5, 0.6) is 0 Å². The lowest BCUT2D eigenvalue weighted by atomic mass is 10.1. The van der Waals surface area contributed by atoms with Gasteiger partial charge < -0.3 is 10.4 Å². The minimum Gasteiger partial charge on any atom is -0.396 e. The van der Waals surface area contributed by atoms with Crippen LogP contribution in [0.3, 0.4) is 0 Å². The molecular formula is C13H18FNO2S. The first-order valence-electron chi connectivity index (χ1n) is 5.87. The molecule has 0 aliphatic carbocycles. The van der Waals surface area contributed by atoms with Crippen LogP contribution in [-0.2, 0) is 0 Å². The lowest BCUT2D eigenvalue weighted by Gasteiger charge is -2.06. The molecule has 5 heteroatoms. The van der Waals surface area contributed by atoms with Crippen molar-refractivity contribution >= 4 is 17.7 Å². The molecule has 0 bridgehead atoms. The van der Waals surface area contributed by atoms with Crippen LogP contribution in [0, 0.1) is 12.7 Å². The molecule has 100 valence electrons. The van der Waals surface area contributed by atoms with E-state index in [0.717, 1.165) is 23.5 Å². The normalized spacial score (nSPS) is 10.4. The number of amides is 1. The molecule has 0 aliphatic heterocycles. The number of thioether (sulfide) groups is 1. The maximum absolute atomic E-state index is 13.1. The summed E-state index contributed by atoms with van der Waals surface area (Å²) in [6.07, 6.45) is 0.766. The van der Waals surface area contributed by atoms with Crippen molar-refractivity contribution in [1.82, 2.24) is 5.32 Å². The lowest BCUT2D eigenvalue weighted by Crippen LogP contribution is -2.26. The Kier molecular flexibility index (Phi) is 6.75. The molecule has 1 aromatic rings. The Morgan fingerprint density at radius 2 is 2.17 bits per heavy atom. The third-order valence-corrected chi connectivity index (χ3v) is 3.35. The number of aliphatic hydroxyl groups is 1. The Bertz CT molecular complexity index is 378. The smallest absolute Gasteiger partial charge is 0.251 e. The van der Waals surface area contributed by atoms with Gasteiger partial charge in [0.25, 0.3) is 5.91 Å². The number of halogens is 1. The summed E-state index contributed by atoms with van der Waals surface area (Å²) in [4.78, 5) is 11.7. The Morgan fingerprint density at radius 3 is 2.83 bits per heavy atom. The van der Waals surface area contributed by atoms with E-state index in [4.69, 9.17) is 5.11 Å². The summed E-state index contributed by atoms with van der Waals surface area (Å²) in [7, 11) is 0. The predicted molar refractivity (Wildman–Crippen MR) is 72.5 cm³/mol. The van der Waals surface area contributed by atoms with Gasteiger partial charge in [-0.1, -0.05) is 0 Å². The standard InChI is InChI=1S/C13H18FNO2S/c1-10-7-11(9-12(14)8-10)13(17)15-3-6-18-5-2-4-16/h7-9,16H,2-6H2,1H3,(H,15,17). The Hall–Kier alpha value is -1.07. The maximum atomic E-state index is 13.1. The van der Waals surface area contributed by atoms with Gasteiger partial charge in [-0.3, -0.25) is 4.79 Å². The van der Waals surface area contributed by atoms with Gasteiger partial charge in [-0.25, -0.2) is 4.39 Å². The van der Waals surface area contributed by atoms with Gasteiger partial charge in [0, 0.05) is 24.5 Å². The van der Waals surface area contributed by atoms with Crippen LogP contribution in [0.25, 0.3) is 0 Å². The molecule has 0 saturated carbocycles. The molecular weight excluding hydrogens is 253 g/mol. The number of hydrogen-bond donors (Lipinski definition) is 2. The molecule has 3 nitrogen and oxygen atoms in total. The van der Waals surface area contributed by atoms with Crippen LogP contribution in [0.15, 0.2) is 18.2 Å². The first-order chi connectivity index (χ1) is 8.63. The summed E-state index contributed by atoms with van der Waals surface area (Å²) in [6, 6.07) is 4.29. The molecule has 0 spiro atoms. The predicted octanol–water partition coefficient (Wildman–Crippen LogP) is 1.98. The van der Waals surface area contributed by atoms with Gasteiger partial charge in [0.15, 0.2) is 0 Å². The van der Waals surface area contributed by atoms with Crippen LogP contribution in [0.1, 0.15) is 22.3 Å². The van der Waals surface area contributed by atoms with Crippen LogP contribution >= 0.6 is 11.8 Å². The Labute approximate surface area is 111 Å². The highest BCUT2D eigenvalue weighted by molar-refractivity contribution is 7.99. The number of benzene rings is 1. The highest BCUT2D eigenvalue weighted by atomic mass is 32.2. The number of nitrogens with one attached hydrogen (secondary N) is 1. The second-order valence-electron chi connectivity index (χ2n) is 3.96. The summed E-state index contributed by atoms with van der Waals surface area (Å²) < 4.78 is 13.1. The van der Waals surface area contributed by atoms with Crippen molar-refractivity contribution in [1.29, 1.82) is 0 Å². The van der Waals surface area contributed by atoms with Crippen molar-refractivity contribution in [3.05, 3.63) is 35.1 Å². The van der Waals surface area contributed by atoms with E-state index in [0.29, 0.717) is 12.1 Å². The second-order valence-corrected chi connectivity index (χ2v) is 5.19. The van der Waals surface area contributed by atoms with Gasteiger partial charge in [0.05, 0.1) is 0 Å². The van der Waals surface area contributed by atoms with Crippen molar-refractivity contribution in [3.63, 3.8) is 0 Å². The molecule has 0 aliphatic rings. The molecule has 0 radical (unpaired) electrons. The van der Waals surface area contributed by atoms with Crippen LogP contribution in [0.2, 0.25) is 0 Å². The second kappa shape index (κ2) is 8.11. The molecule has 0 unspecified atom stereocenters. The molecule has 0 saturated heterocycles. The number of carbonyl (C=O) groups excluding carboxylic acids is 1. The number of hydrogen-bond acceptors (Lipinski definition) is 3. The molecule has 18 heavy (non-hydrogen) atoms. The average Bonchev–Trinajstić information content (AvgIpc) is 2.32. The summed E-state index contributed by atoms with van der Waals surface area (Å²) in [5, 5.41) is 11.3. The molecule has 1 rings (SSSR count). The van der Waals surface area contributed by atoms with Gasteiger partial charge >= 0.3 is 0 Å². The fourth-order valence-electron chi connectivity index (χ4n) is 1.47. The molecule has 0 fully saturated rings. The highest BCUT2D eigenvalue weighted by Crippen LogP contribution is 2.08. The minimum absolute atomic E-state index is 0.196. The zero-order valence-corrected chi connectivity index (χ0v) is 11.2. The summed E-state index contributed by atoms with van der Waals surface area (Å²) in [5.74, 6) is 1.03. The molecule has 1 amide bonds. The number of carbonyl (C=O) groups is 1. The van der Waals surface area contributed by atoms with Crippen LogP contribution in [-0.4, -0.2) is 35.7 Å². The third kappa shape index (κ3) is 5.51. The van der Waals surface area contributed by atoms with Crippen molar-refractivity contribution in [2.24, 2.45) is 0 Å². The largest absolute Gasteiger partial charge is 0.396 e. The number of aryl methyl sites for hydroxylation is 1. The summed E-state index contributed by atoms with van der Waals surface area (Å²) in [6.45, 7) is 2.50. The summed E-state index contributed by atoms with van der Waals surface area (Å²) >= 11 is 1.67. The zero-order chi connectivity index (χ0) is 13.4. The van der Waals surface area contributed by atoms with Gasteiger partial charge in [0.2, 0.25) is 0 Å². The van der Waals surface area contributed by atoms with E-state index >= 15 is 0 Å². The Morgan fingerprint density at radius 1 is 1.39 bits per heavy atom. The average molecular weight is 271 g/mol. The zero-order valence-electron chi connectivity index (χ0n) is 10.4. The fourth-order valence-corrected chi connectivity index (χ4v) is 2.26. The van der Waals surface area contributed by atoms with E-state index < -0.39 is 5.82 Å². The third-order valence-electron chi connectivity index (χ3n) is 2.28. The van der Waals surface area contributed by atoms with E-state index in [2.05, 4.69) is 5.32 Å². The molecule has 0 heterocycles. The van der Waals surface area contributed by atoms with Gasteiger partial charge in [-0.15, -0.1) is 0 Å². The summed E-state index contributed by atoms with van der Waals surface area (Å²) in [5.41, 5.74) is 1.09. The molecule has 1 aromatic carbocycles. The van der Waals surface area contributed by atoms with Crippen molar-refractivity contribution < 1.29 is 14.3 Å². The fraction of sp³-hybridized carbons (Fsp3) is 0.462. The minimum atomic E-state index is -0.391. The van der Waals surface area contributed by atoms with E-state index in [1.165, 1.54) is 12.1 Å². The van der Waals surface area contributed by atoms with Crippen molar-refractivity contribution in [2.75, 3.05) is 24.7 Å². The maximum Gasteiger partial charge on any atom is 0.251 e. The quantitative estimate of drug-likeness (QED) is 0.746. The van der Waals surface area contributed by atoms with Gasteiger partial charge in [0.1, 0.15) is 5.82 Å². The van der Waals surface area contributed by atoms with E-state index in [9.17, 15) is 9.18 Å². The van der Waals surface area contributed by atoms with E-state index in [-0.39, 0.29) is 12.5 Å². The Balaban J connectivity index is 2.32. The van der Waals surface area contributed by atoms with Crippen LogP contribution in [0.4, 0.5) is 4.39 Å². The van der Waals surface area contributed by atoms with Gasteiger partial charge in [-0.05, 0) is 42.9 Å². The first kappa shape index (κ1) is 15.0. The number of rotatable bonds is 7. The number of aliphatic hydroxyl groups excluding tert-OH is 1. The van der Waals surface area contributed by atoms with Crippen molar-refractivity contribution in [3.8, 4) is 0 Å². The molecule has 0 aromatic heterocycles. The topological polar surface area (TPSA) is 49.3 Å².